The molecule has 4 N–H and O–H groups in total. The molecular formula is C20H19ClF2N6O2S. The molecule has 2 aliphatic rings. The molecule has 2 fully saturated rings. The minimum absolute atomic E-state index is 0.104. The quantitative estimate of drug-likeness (QED) is 0.423. The van der Waals surface area contributed by atoms with Crippen LogP contribution in [0.15, 0.2) is 30.5 Å². The zero-order valence-electron chi connectivity index (χ0n) is 16.5. The van der Waals surface area contributed by atoms with Gasteiger partial charge < -0.3 is 25.7 Å². The van der Waals surface area contributed by atoms with Crippen molar-refractivity contribution < 1.29 is 19.0 Å². The maximum Gasteiger partial charge on any atom is 0.182 e. The number of β-amino-alcohol motifs (C(OH)–C–C–N with tert-alkyl or cyclic N) is 1. The predicted molar refractivity (Wildman–Crippen MR) is 119 cm³/mol. The lowest BCUT2D eigenvalue weighted by Gasteiger charge is -2.26. The minimum atomic E-state index is -0.728. The fourth-order valence-corrected chi connectivity index (χ4v) is 4.41. The van der Waals surface area contributed by atoms with E-state index in [1.54, 1.807) is 17.2 Å². The van der Waals surface area contributed by atoms with Crippen LogP contribution in [0.1, 0.15) is 24.4 Å². The molecule has 32 heavy (non-hydrogen) atoms. The van der Waals surface area contributed by atoms with Gasteiger partial charge in [0.15, 0.2) is 15.9 Å². The second-order valence-corrected chi connectivity index (χ2v) is 8.72. The Hall–Kier alpha value is -2.60. The molecule has 2 aromatic heterocycles. The van der Waals surface area contributed by atoms with Crippen molar-refractivity contribution in [2.24, 2.45) is 0 Å². The van der Waals surface area contributed by atoms with Crippen LogP contribution in [0.5, 0.6) is 0 Å². The molecule has 0 radical (unpaired) electrons. The molecule has 4 atom stereocenters. The lowest BCUT2D eigenvalue weighted by molar-refractivity contribution is 0.194. The van der Waals surface area contributed by atoms with Gasteiger partial charge in [0.25, 0.3) is 0 Å². The summed E-state index contributed by atoms with van der Waals surface area (Å²) >= 11 is 11.6. The van der Waals surface area contributed by atoms with E-state index in [1.807, 2.05) is 0 Å². The van der Waals surface area contributed by atoms with E-state index in [9.17, 15) is 19.0 Å². The van der Waals surface area contributed by atoms with Crippen molar-refractivity contribution in [2.75, 3.05) is 16.8 Å². The molecule has 0 amide bonds. The summed E-state index contributed by atoms with van der Waals surface area (Å²) in [6, 6.07) is 4.25. The van der Waals surface area contributed by atoms with Crippen molar-refractivity contribution in [3.8, 4) is 0 Å². The van der Waals surface area contributed by atoms with Crippen molar-refractivity contribution in [2.45, 2.75) is 37.1 Å². The number of anilines is 2. The zero-order valence-corrected chi connectivity index (χ0v) is 18.1. The van der Waals surface area contributed by atoms with Gasteiger partial charge in [0.1, 0.15) is 23.1 Å². The van der Waals surface area contributed by atoms with Crippen LogP contribution in [0.25, 0.3) is 5.65 Å². The molecule has 5 rings (SSSR count). The lowest BCUT2D eigenvalue weighted by atomic mass is 10.0. The van der Waals surface area contributed by atoms with Crippen LogP contribution < -0.4 is 15.5 Å². The first kappa shape index (κ1) is 21.3. The van der Waals surface area contributed by atoms with Gasteiger partial charge in [-0.3, -0.25) is 0 Å². The van der Waals surface area contributed by atoms with E-state index in [0.29, 0.717) is 23.6 Å². The number of fused-ring (bicyclic) bond motifs is 1. The Labute approximate surface area is 191 Å². The fraction of sp³-hybridized carbons (Fsp3) is 0.350. The summed E-state index contributed by atoms with van der Waals surface area (Å²) in [5, 5.41) is 30.3. The first-order chi connectivity index (χ1) is 15.3. The van der Waals surface area contributed by atoms with Crippen molar-refractivity contribution >= 4 is 46.1 Å². The topological polar surface area (TPSA) is 98.0 Å². The van der Waals surface area contributed by atoms with Crippen LogP contribution in [0, 0.1) is 11.6 Å². The van der Waals surface area contributed by atoms with E-state index in [-0.39, 0.29) is 34.8 Å². The highest BCUT2D eigenvalue weighted by atomic mass is 35.5. The molecule has 0 spiro atoms. The highest BCUT2D eigenvalue weighted by Crippen LogP contribution is 2.38. The van der Waals surface area contributed by atoms with Crippen molar-refractivity contribution in [1.29, 1.82) is 0 Å². The van der Waals surface area contributed by atoms with E-state index < -0.39 is 29.9 Å². The third kappa shape index (κ3) is 3.96. The Morgan fingerprint density at radius 1 is 1.22 bits per heavy atom. The number of benzene rings is 1. The summed E-state index contributed by atoms with van der Waals surface area (Å²) in [4.78, 5) is 6.34. The van der Waals surface area contributed by atoms with Gasteiger partial charge in [0.2, 0.25) is 0 Å². The van der Waals surface area contributed by atoms with Gasteiger partial charge >= 0.3 is 0 Å². The maximum absolute atomic E-state index is 14.5. The predicted octanol–water partition coefficient (Wildman–Crippen LogP) is 2.39. The van der Waals surface area contributed by atoms with Gasteiger partial charge in [-0.1, -0.05) is 11.6 Å². The SMILES string of the molecule is O[C@H]1C[C@H](c2cc(F)ccc2F)N(c2ccn3nc(Cl)c(NC(=S)N[C@@H]4C[C@H]4O)c3n2)C1. The van der Waals surface area contributed by atoms with Crippen LogP contribution in [0.2, 0.25) is 5.15 Å². The molecule has 3 aromatic rings. The zero-order chi connectivity index (χ0) is 22.6. The van der Waals surface area contributed by atoms with Crippen LogP contribution in [-0.4, -0.2) is 54.7 Å². The monoisotopic (exact) mass is 480 g/mol. The average molecular weight is 481 g/mol. The Kier molecular flexibility index (Phi) is 5.36. The fourth-order valence-electron chi connectivity index (χ4n) is 3.95. The molecule has 0 unspecified atom stereocenters. The first-order valence-electron chi connectivity index (χ1n) is 10.0. The summed E-state index contributed by atoms with van der Waals surface area (Å²) in [7, 11) is 0. The molecule has 8 nitrogen and oxygen atoms in total. The number of hydrogen-bond acceptors (Lipinski definition) is 6. The van der Waals surface area contributed by atoms with Crippen LogP contribution >= 0.6 is 23.8 Å². The third-order valence-electron chi connectivity index (χ3n) is 5.63. The van der Waals surface area contributed by atoms with Gasteiger partial charge in [-0.05, 0) is 49.3 Å². The van der Waals surface area contributed by atoms with E-state index in [0.717, 1.165) is 18.2 Å². The van der Waals surface area contributed by atoms with Crippen LogP contribution in [0.4, 0.5) is 20.3 Å². The van der Waals surface area contributed by atoms with Crippen molar-refractivity contribution in [3.63, 3.8) is 0 Å². The molecule has 3 heterocycles. The standard InChI is InChI=1S/C20H19ClF2N6O2S/c21-18-17(26-20(32)24-13-7-15(13)31)19-25-16(3-4-29(19)27-18)28-8-10(30)6-14(28)11-5-9(22)1-2-12(11)23/h1-5,10,13-15,30-31H,6-8H2,(H2,24,26,32)/t10-,13+,14+,15+/m0/s1. The number of hydrogen-bond donors (Lipinski definition) is 4. The number of thiocarbonyl (C=S) groups is 1. The number of halogens is 3. The largest absolute Gasteiger partial charge is 0.391 e. The molecule has 168 valence electrons. The Morgan fingerprint density at radius 3 is 2.75 bits per heavy atom. The summed E-state index contributed by atoms with van der Waals surface area (Å²) in [6.45, 7) is 0.202. The smallest absolute Gasteiger partial charge is 0.182 e. The molecule has 1 aliphatic carbocycles. The van der Waals surface area contributed by atoms with Crippen molar-refractivity contribution in [3.05, 3.63) is 52.8 Å². The summed E-state index contributed by atoms with van der Waals surface area (Å²) in [5.74, 6) is -0.661. The lowest BCUT2D eigenvalue weighted by Crippen LogP contribution is -2.32. The van der Waals surface area contributed by atoms with Crippen LogP contribution in [-0.2, 0) is 0 Å². The van der Waals surface area contributed by atoms with E-state index in [1.165, 1.54) is 4.52 Å². The molecule has 1 aliphatic heterocycles. The molecule has 1 saturated carbocycles. The highest BCUT2D eigenvalue weighted by Gasteiger charge is 2.36. The number of rotatable bonds is 4. The molecule has 12 heteroatoms. The second-order valence-electron chi connectivity index (χ2n) is 7.95. The van der Waals surface area contributed by atoms with Crippen LogP contribution in [0.3, 0.4) is 0 Å². The van der Waals surface area contributed by atoms with Gasteiger partial charge in [-0.2, -0.15) is 5.10 Å². The first-order valence-corrected chi connectivity index (χ1v) is 10.8. The van der Waals surface area contributed by atoms with Gasteiger partial charge in [-0.15, -0.1) is 0 Å². The molecular weight excluding hydrogens is 462 g/mol. The number of nitrogens with one attached hydrogen (secondary N) is 2. The van der Waals surface area contributed by atoms with Gasteiger partial charge in [-0.25, -0.2) is 18.3 Å². The van der Waals surface area contributed by atoms with Crippen molar-refractivity contribution in [1.82, 2.24) is 19.9 Å². The van der Waals surface area contributed by atoms with E-state index in [4.69, 9.17) is 23.8 Å². The maximum atomic E-state index is 14.5. The summed E-state index contributed by atoms with van der Waals surface area (Å²) < 4.78 is 29.7. The Bertz CT molecular complexity index is 1210. The van der Waals surface area contributed by atoms with Gasteiger partial charge in [0, 0.05) is 18.3 Å². The molecule has 1 saturated heterocycles. The molecule has 1 aromatic carbocycles. The molecule has 0 bridgehead atoms. The number of aliphatic hydroxyl groups is 2. The van der Waals surface area contributed by atoms with E-state index in [2.05, 4.69) is 20.7 Å². The number of aliphatic hydroxyl groups excluding tert-OH is 2. The third-order valence-corrected chi connectivity index (χ3v) is 6.11. The number of nitrogens with zero attached hydrogens (tertiary/aromatic N) is 4. The Balaban J connectivity index is 1.48. The Morgan fingerprint density at radius 2 is 2.00 bits per heavy atom. The number of aromatic nitrogens is 3. The average Bonchev–Trinajstić information content (AvgIpc) is 3.15. The highest BCUT2D eigenvalue weighted by molar-refractivity contribution is 7.80. The second kappa shape index (κ2) is 8.07. The normalized spacial score (nSPS) is 24.7. The van der Waals surface area contributed by atoms with Gasteiger partial charge in [0.05, 0.1) is 24.3 Å². The summed E-state index contributed by atoms with van der Waals surface area (Å²) in [5.41, 5.74) is 0.892. The minimum Gasteiger partial charge on any atom is -0.391 e. The van der Waals surface area contributed by atoms with E-state index >= 15 is 0 Å². The summed E-state index contributed by atoms with van der Waals surface area (Å²) in [6.07, 6.45) is 1.33.